The number of esters is 3. The third-order valence-corrected chi connectivity index (χ3v) is 13.4. The Balaban J connectivity index is 4.41. The van der Waals surface area contributed by atoms with E-state index < -0.39 is 6.10 Å². The minimum atomic E-state index is -0.803. The lowest BCUT2D eigenvalue weighted by atomic mass is 10.1. The molecule has 0 amide bonds. The zero-order chi connectivity index (χ0) is 55.7. The second-order valence-electron chi connectivity index (χ2n) is 20.9. The summed E-state index contributed by atoms with van der Waals surface area (Å²) in [5.74, 6) is -0.942. The molecule has 0 aliphatic carbocycles. The van der Waals surface area contributed by atoms with E-state index in [1.165, 1.54) is 128 Å². The Morgan fingerprint density at radius 1 is 0.273 bits per heavy atom. The fourth-order valence-corrected chi connectivity index (χ4v) is 8.69. The number of allylic oxidation sites excluding steroid dienone is 20. The van der Waals surface area contributed by atoms with Crippen molar-refractivity contribution in [3.63, 3.8) is 0 Å². The molecule has 0 saturated heterocycles. The van der Waals surface area contributed by atoms with Crippen LogP contribution in [0.15, 0.2) is 122 Å². The molecule has 1 unspecified atom stereocenters. The molecule has 0 aromatic heterocycles. The maximum absolute atomic E-state index is 12.9. The predicted octanol–water partition coefficient (Wildman–Crippen LogP) is 22.0. The average molecular weight is 1070 g/mol. The van der Waals surface area contributed by atoms with Gasteiger partial charge in [0, 0.05) is 19.3 Å². The van der Waals surface area contributed by atoms with Gasteiger partial charge >= 0.3 is 17.9 Å². The Kier molecular flexibility index (Phi) is 60.8. The van der Waals surface area contributed by atoms with Crippen LogP contribution in [0.5, 0.6) is 0 Å². The van der Waals surface area contributed by atoms with E-state index in [2.05, 4.69) is 142 Å². The molecule has 0 N–H and O–H groups in total. The van der Waals surface area contributed by atoms with Crippen molar-refractivity contribution < 1.29 is 28.6 Å². The number of hydrogen-bond acceptors (Lipinski definition) is 6. The smallest absolute Gasteiger partial charge is 0.306 e. The van der Waals surface area contributed by atoms with Gasteiger partial charge in [0.2, 0.25) is 0 Å². The minimum Gasteiger partial charge on any atom is -0.462 e. The Morgan fingerprint density at radius 2 is 0.506 bits per heavy atom. The molecule has 77 heavy (non-hydrogen) atoms. The summed E-state index contributed by atoms with van der Waals surface area (Å²) < 4.78 is 16.9. The van der Waals surface area contributed by atoms with Crippen LogP contribution in [0, 0.1) is 0 Å². The lowest BCUT2D eigenvalue weighted by Crippen LogP contribution is -2.30. The number of hydrogen-bond donors (Lipinski definition) is 0. The largest absolute Gasteiger partial charge is 0.462 e. The second kappa shape index (κ2) is 64.3. The SMILES string of the molecule is CC/C=C\C/C=C\C/C=C\C/C=C\C/C=C\CCCCCCCCCCCC(=O)OCC(COC(=O)CCCC/C=C\C/C=C\C/C=C\C/C=C\CC)OC(=O)CCCCCCCCCCC/C=C\CCCCCCCC. The highest BCUT2D eigenvalue weighted by Gasteiger charge is 2.19. The number of unbranched alkanes of at least 4 members (excludes halogenated alkanes) is 26. The molecule has 6 nitrogen and oxygen atoms in total. The van der Waals surface area contributed by atoms with Crippen molar-refractivity contribution in [2.24, 2.45) is 0 Å². The maximum atomic E-state index is 12.9. The predicted molar refractivity (Wildman–Crippen MR) is 334 cm³/mol. The van der Waals surface area contributed by atoms with Crippen molar-refractivity contribution in [2.75, 3.05) is 13.2 Å². The summed E-state index contributed by atoms with van der Waals surface area (Å²) >= 11 is 0. The van der Waals surface area contributed by atoms with Crippen LogP contribution < -0.4 is 0 Å². The zero-order valence-corrected chi connectivity index (χ0v) is 50.2. The van der Waals surface area contributed by atoms with Gasteiger partial charge in [0.25, 0.3) is 0 Å². The van der Waals surface area contributed by atoms with E-state index in [-0.39, 0.29) is 31.1 Å². The molecule has 0 fully saturated rings. The third kappa shape index (κ3) is 62.5. The minimum absolute atomic E-state index is 0.0970. The van der Waals surface area contributed by atoms with Gasteiger partial charge in [-0.3, -0.25) is 14.4 Å². The highest BCUT2D eigenvalue weighted by molar-refractivity contribution is 5.71. The normalized spacial score (nSPS) is 12.9. The van der Waals surface area contributed by atoms with E-state index in [1.54, 1.807) is 0 Å². The molecule has 0 aliphatic heterocycles. The van der Waals surface area contributed by atoms with Crippen molar-refractivity contribution in [3.8, 4) is 0 Å². The van der Waals surface area contributed by atoms with Crippen LogP contribution in [0.3, 0.4) is 0 Å². The summed E-state index contributed by atoms with van der Waals surface area (Å²) in [6.07, 6.45) is 89.2. The topological polar surface area (TPSA) is 78.9 Å². The molecular weight excluding hydrogens is 949 g/mol. The van der Waals surface area contributed by atoms with Crippen LogP contribution in [-0.4, -0.2) is 37.2 Å². The summed E-state index contributed by atoms with van der Waals surface area (Å²) in [6, 6.07) is 0. The number of ether oxygens (including phenoxy) is 3. The van der Waals surface area contributed by atoms with Crippen molar-refractivity contribution in [3.05, 3.63) is 122 Å². The van der Waals surface area contributed by atoms with E-state index in [0.29, 0.717) is 19.3 Å². The summed E-state index contributed by atoms with van der Waals surface area (Å²) in [7, 11) is 0. The van der Waals surface area contributed by atoms with E-state index in [4.69, 9.17) is 14.2 Å². The first-order valence-corrected chi connectivity index (χ1v) is 32.0. The van der Waals surface area contributed by atoms with Gasteiger partial charge in [-0.15, -0.1) is 0 Å². The van der Waals surface area contributed by atoms with E-state index in [1.807, 2.05) is 0 Å². The molecule has 6 heteroatoms. The van der Waals surface area contributed by atoms with E-state index >= 15 is 0 Å². The zero-order valence-electron chi connectivity index (χ0n) is 50.2. The van der Waals surface area contributed by atoms with Gasteiger partial charge in [-0.05, 0) is 128 Å². The fourth-order valence-electron chi connectivity index (χ4n) is 8.69. The molecule has 1 atom stereocenters. The molecule has 0 radical (unpaired) electrons. The van der Waals surface area contributed by atoms with Crippen molar-refractivity contribution >= 4 is 17.9 Å². The molecule has 0 aromatic rings. The summed E-state index contributed by atoms with van der Waals surface area (Å²) in [5, 5.41) is 0. The van der Waals surface area contributed by atoms with Crippen LogP contribution in [0.25, 0.3) is 0 Å². The highest BCUT2D eigenvalue weighted by atomic mass is 16.6. The van der Waals surface area contributed by atoms with Crippen LogP contribution in [0.1, 0.15) is 290 Å². The number of rotatable bonds is 57. The fraction of sp³-hybridized carbons (Fsp3) is 0.676. The first-order valence-electron chi connectivity index (χ1n) is 32.0. The summed E-state index contributed by atoms with van der Waals surface area (Å²) in [4.78, 5) is 38.3. The molecule has 0 spiro atoms. The van der Waals surface area contributed by atoms with Crippen LogP contribution in [0.2, 0.25) is 0 Å². The lowest BCUT2D eigenvalue weighted by molar-refractivity contribution is -0.167. The van der Waals surface area contributed by atoms with E-state index in [0.717, 1.165) is 122 Å². The van der Waals surface area contributed by atoms with Gasteiger partial charge < -0.3 is 14.2 Å². The van der Waals surface area contributed by atoms with Crippen molar-refractivity contribution in [1.29, 1.82) is 0 Å². The van der Waals surface area contributed by atoms with Crippen LogP contribution in [0.4, 0.5) is 0 Å². The Bertz CT molecular complexity index is 1600. The molecule has 0 saturated carbocycles. The maximum Gasteiger partial charge on any atom is 0.306 e. The van der Waals surface area contributed by atoms with Crippen LogP contribution in [-0.2, 0) is 28.6 Å². The van der Waals surface area contributed by atoms with Crippen molar-refractivity contribution in [1.82, 2.24) is 0 Å². The standard InChI is InChI=1S/C71H118O6/c1-4-7-10-13-16-19-22-25-28-30-32-33-34-35-36-37-39-40-43-46-49-52-55-58-61-64-70(73)76-67-68(66-75-69(72)63-60-57-54-51-48-45-42-27-24-21-18-15-12-9-6-3)77-71(74)65-62-59-56-53-50-47-44-41-38-31-29-26-23-20-17-14-11-8-5-2/h7,9-10,12,16,18-19,21,25-29,32-33,35-36,42,48,51,68H,4-6,8,11,13-15,17,20,22-24,30-31,34,37-41,43-47,49-50,52-67H2,1-3H3/b10-7-,12-9-,19-16-,21-18-,28-25-,29-26-,33-32-,36-35-,42-27-,51-48-. The Morgan fingerprint density at radius 3 is 0.831 bits per heavy atom. The van der Waals surface area contributed by atoms with Gasteiger partial charge in [0.1, 0.15) is 13.2 Å². The molecule has 0 rings (SSSR count). The molecule has 438 valence electrons. The first-order chi connectivity index (χ1) is 38.0. The molecule has 0 aliphatic rings. The monoisotopic (exact) mass is 1070 g/mol. The molecule has 0 aromatic carbocycles. The van der Waals surface area contributed by atoms with Gasteiger partial charge in [-0.25, -0.2) is 0 Å². The molecular formula is C71H118O6. The van der Waals surface area contributed by atoms with Gasteiger partial charge in [-0.2, -0.15) is 0 Å². The van der Waals surface area contributed by atoms with E-state index in [9.17, 15) is 14.4 Å². The van der Waals surface area contributed by atoms with Gasteiger partial charge in [0.15, 0.2) is 6.10 Å². The van der Waals surface area contributed by atoms with Crippen molar-refractivity contribution in [2.45, 2.75) is 297 Å². The number of carbonyl (C=O) groups is 3. The average Bonchev–Trinajstić information content (AvgIpc) is 3.43. The molecule has 0 heterocycles. The molecule has 0 bridgehead atoms. The summed E-state index contributed by atoms with van der Waals surface area (Å²) in [5.41, 5.74) is 0. The van der Waals surface area contributed by atoms with Crippen LogP contribution >= 0.6 is 0 Å². The summed E-state index contributed by atoms with van der Waals surface area (Å²) in [6.45, 7) is 6.38. The highest BCUT2D eigenvalue weighted by Crippen LogP contribution is 2.15. The number of carbonyl (C=O) groups excluding carboxylic acids is 3. The van der Waals surface area contributed by atoms with Gasteiger partial charge in [0.05, 0.1) is 0 Å². The first kappa shape index (κ1) is 72.8. The lowest BCUT2D eigenvalue weighted by Gasteiger charge is -2.18. The second-order valence-corrected chi connectivity index (χ2v) is 20.9. The Labute approximate surface area is 475 Å². The Hall–Kier alpha value is -4.19. The quantitative estimate of drug-likeness (QED) is 0.0261. The third-order valence-electron chi connectivity index (χ3n) is 13.4. The van der Waals surface area contributed by atoms with Gasteiger partial charge in [-0.1, -0.05) is 264 Å².